The van der Waals surface area contributed by atoms with Gasteiger partial charge < -0.3 is 5.32 Å². The van der Waals surface area contributed by atoms with Gasteiger partial charge in [0, 0.05) is 11.8 Å². The maximum Gasteiger partial charge on any atom is 0.252 e. The number of rotatable bonds is 3. The summed E-state index contributed by atoms with van der Waals surface area (Å²) in [6.07, 6.45) is 3.03. The summed E-state index contributed by atoms with van der Waals surface area (Å²) in [5.74, 6) is -0.161. The van der Waals surface area contributed by atoms with Crippen molar-refractivity contribution in [1.82, 2.24) is 5.32 Å². The molecule has 0 aromatic heterocycles. The van der Waals surface area contributed by atoms with Gasteiger partial charge in [-0.3, -0.25) is 4.79 Å². The summed E-state index contributed by atoms with van der Waals surface area (Å²) in [6.45, 7) is 3.83. The van der Waals surface area contributed by atoms with Crippen molar-refractivity contribution in [2.24, 2.45) is 0 Å². The van der Waals surface area contributed by atoms with Crippen LogP contribution in [0.2, 0.25) is 0 Å². The van der Waals surface area contributed by atoms with E-state index in [1.807, 2.05) is 0 Å². The SMILES string of the molecule is Cc1ccc2c(c1)CC[C@H]2NC(=O)c1ccc(S(C)(=O)=O)cc1C. The molecule has 0 aliphatic heterocycles. The van der Waals surface area contributed by atoms with Crippen molar-refractivity contribution < 1.29 is 13.2 Å². The summed E-state index contributed by atoms with van der Waals surface area (Å²) in [7, 11) is -3.27. The van der Waals surface area contributed by atoms with Crippen LogP contribution in [0.1, 0.15) is 45.1 Å². The third-order valence-corrected chi connectivity index (χ3v) is 5.66. The van der Waals surface area contributed by atoms with E-state index < -0.39 is 9.84 Å². The largest absolute Gasteiger partial charge is 0.345 e. The van der Waals surface area contributed by atoms with Crippen molar-refractivity contribution in [3.05, 3.63) is 64.2 Å². The lowest BCUT2D eigenvalue weighted by molar-refractivity contribution is 0.0936. The molecule has 2 aromatic rings. The van der Waals surface area contributed by atoms with E-state index in [-0.39, 0.29) is 16.8 Å². The Kier molecular flexibility index (Phi) is 4.22. The van der Waals surface area contributed by atoms with Crippen LogP contribution in [-0.4, -0.2) is 20.6 Å². The van der Waals surface area contributed by atoms with Crippen LogP contribution < -0.4 is 5.32 Å². The smallest absolute Gasteiger partial charge is 0.252 e. The van der Waals surface area contributed by atoms with E-state index >= 15 is 0 Å². The molecule has 4 nitrogen and oxygen atoms in total. The molecule has 126 valence electrons. The van der Waals surface area contributed by atoms with Crippen molar-refractivity contribution in [2.45, 2.75) is 37.6 Å². The average molecular weight is 343 g/mol. The second-order valence-electron chi connectivity index (χ2n) is 6.52. The highest BCUT2D eigenvalue weighted by Gasteiger charge is 2.25. The summed E-state index contributed by atoms with van der Waals surface area (Å²) in [6, 6.07) is 11.0. The van der Waals surface area contributed by atoms with Gasteiger partial charge in [-0.05, 0) is 61.6 Å². The molecule has 1 aliphatic rings. The lowest BCUT2D eigenvalue weighted by atomic mass is 10.0. The minimum Gasteiger partial charge on any atom is -0.345 e. The number of carbonyl (C=O) groups excluding carboxylic acids is 1. The van der Waals surface area contributed by atoms with Gasteiger partial charge in [0.1, 0.15) is 0 Å². The molecule has 2 aromatic carbocycles. The van der Waals surface area contributed by atoms with Crippen LogP contribution in [0.25, 0.3) is 0 Å². The number of aryl methyl sites for hydroxylation is 3. The molecule has 1 atom stereocenters. The summed E-state index contributed by atoms with van der Waals surface area (Å²) in [4.78, 5) is 12.8. The lowest BCUT2D eigenvalue weighted by Crippen LogP contribution is -2.27. The number of nitrogens with one attached hydrogen (secondary N) is 1. The molecule has 24 heavy (non-hydrogen) atoms. The van der Waals surface area contributed by atoms with Crippen molar-refractivity contribution >= 4 is 15.7 Å². The molecule has 0 unspecified atom stereocenters. The topological polar surface area (TPSA) is 63.2 Å². The fourth-order valence-corrected chi connectivity index (χ4v) is 3.96. The first-order valence-electron chi connectivity index (χ1n) is 7.97. The molecule has 0 heterocycles. The highest BCUT2D eigenvalue weighted by atomic mass is 32.2. The molecular weight excluding hydrogens is 322 g/mol. The first-order valence-corrected chi connectivity index (χ1v) is 9.86. The highest BCUT2D eigenvalue weighted by molar-refractivity contribution is 7.90. The van der Waals surface area contributed by atoms with Crippen molar-refractivity contribution in [3.8, 4) is 0 Å². The molecular formula is C19H21NO3S. The standard InChI is InChI=1S/C19H21NO3S/c1-12-4-7-17-14(10-12)5-9-18(17)20-19(21)16-8-6-15(11-13(16)2)24(3,22)23/h4,6-8,10-11,18H,5,9H2,1-3H3,(H,20,21)/t18-/m1/s1. The van der Waals surface area contributed by atoms with Gasteiger partial charge in [0.05, 0.1) is 10.9 Å². The van der Waals surface area contributed by atoms with E-state index in [0.29, 0.717) is 11.1 Å². The predicted molar refractivity (Wildman–Crippen MR) is 94.0 cm³/mol. The molecule has 0 bridgehead atoms. The third kappa shape index (κ3) is 3.22. The monoisotopic (exact) mass is 343 g/mol. The highest BCUT2D eigenvalue weighted by Crippen LogP contribution is 2.32. The Bertz CT molecular complexity index is 916. The molecule has 0 radical (unpaired) electrons. The molecule has 1 N–H and O–H groups in total. The zero-order valence-corrected chi connectivity index (χ0v) is 14.9. The van der Waals surface area contributed by atoms with E-state index in [2.05, 4.69) is 30.4 Å². The Morgan fingerprint density at radius 2 is 1.88 bits per heavy atom. The normalized spacial score (nSPS) is 16.7. The van der Waals surface area contributed by atoms with E-state index in [4.69, 9.17) is 0 Å². The van der Waals surface area contributed by atoms with Crippen LogP contribution in [-0.2, 0) is 16.3 Å². The molecule has 0 saturated carbocycles. The second kappa shape index (κ2) is 6.06. The molecule has 1 aliphatic carbocycles. The van der Waals surface area contributed by atoms with E-state index in [0.717, 1.165) is 12.8 Å². The molecule has 3 rings (SSSR count). The van der Waals surface area contributed by atoms with Crippen LogP contribution in [0.15, 0.2) is 41.3 Å². The second-order valence-corrected chi connectivity index (χ2v) is 8.53. The summed E-state index contributed by atoms with van der Waals surface area (Å²) < 4.78 is 23.2. The van der Waals surface area contributed by atoms with Gasteiger partial charge in [-0.2, -0.15) is 0 Å². The molecule has 0 spiro atoms. The minimum atomic E-state index is -3.27. The Labute approximate surface area is 142 Å². The quantitative estimate of drug-likeness (QED) is 0.931. The Balaban J connectivity index is 1.82. The third-order valence-electron chi connectivity index (χ3n) is 4.55. The van der Waals surface area contributed by atoms with Gasteiger partial charge in [0.25, 0.3) is 5.91 Å². The van der Waals surface area contributed by atoms with E-state index in [9.17, 15) is 13.2 Å². The van der Waals surface area contributed by atoms with Gasteiger partial charge in [-0.25, -0.2) is 8.42 Å². The van der Waals surface area contributed by atoms with Crippen molar-refractivity contribution in [1.29, 1.82) is 0 Å². The Morgan fingerprint density at radius 3 is 2.54 bits per heavy atom. The van der Waals surface area contributed by atoms with Crippen LogP contribution in [0.5, 0.6) is 0 Å². The first-order chi connectivity index (χ1) is 11.3. The molecule has 1 amide bonds. The summed E-state index contributed by atoms with van der Waals surface area (Å²) in [5.41, 5.74) is 4.89. The van der Waals surface area contributed by atoms with Gasteiger partial charge in [-0.1, -0.05) is 23.8 Å². The van der Waals surface area contributed by atoms with Crippen LogP contribution in [0.3, 0.4) is 0 Å². The zero-order chi connectivity index (χ0) is 17.5. The van der Waals surface area contributed by atoms with Crippen LogP contribution >= 0.6 is 0 Å². The van der Waals surface area contributed by atoms with Gasteiger partial charge >= 0.3 is 0 Å². The Hall–Kier alpha value is -2.14. The predicted octanol–water partition coefficient (Wildman–Crippen LogP) is 3.12. The number of carbonyl (C=O) groups is 1. The Morgan fingerprint density at radius 1 is 1.12 bits per heavy atom. The van der Waals surface area contributed by atoms with Crippen LogP contribution in [0.4, 0.5) is 0 Å². The van der Waals surface area contributed by atoms with Crippen molar-refractivity contribution in [3.63, 3.8) is 0 Å². The minimum absolute atomic E-state index is 0.0158. The number of fused-ring (bicyclic) bond motifs is 1. The van der Waals surface area contributed by atoms with E-state index in [1.165, 1.54) is 29.0 Å². The summed E-state index contributed by atoms with van der Waals surface area (Å²) in [5, 5.41) is 3.08. The van der Waals surface area contributed by atoms with Gasteiger partial charge in [0.15, 0.2) is 9.84 Å². The van der Waals surface area contributed by atoms with Crippen molar-refractivity contribution in [2.75, 3.05) is 6.26 Å². The van der Waals surface area contributed by atoms with Gasteiger partial charge in [0.2, 0.25) is 0 Å². The maximum absolute atomic E-state index is 12.6. The number of sulfone groups is 1. The lowest BCUT2D eigenvalue weighted by Gasteiger charge is -2.16. The van der Waals surface area contributed by atoms with Crippen LogP contribution in [0, 0.1) is 13.8 Å². The molecule has 5 heteroatoms. The number of benzene rings is 2. The number of amides is 1. The first kappa shape index (κ1) is 16.7. The maximum atomic E-state index is 12.6. The average Bonchev–Trinajstić information content (AvgIpc) is 2.88. The molecule has 0 fully saturated rings. The summed E-state index contributed by atoms with van der Waals surface area (Å²) >= 11 is 0. The number of hydrogen-bond donors (Lipinski definition) is 1. The fourth-order valence-electron chi connectivity index (χ4n) is 3.25. The zero-order valence-electron chi connectivity index (χ0n) is 14.1. The van der Waals surface area contributed by atoms with Gasteiger partial charge in [-0.15, -0.1) is 0 Å². The van der Waals surface area contributed by atoms with E-state index in [1.54, 1.807) is 19.1 Å². The number of hydrogen-bond acceptors (Lipinski definition) is 3. The fraction of sp³-hybridized carbons (Fsp3) is 0.316. The molecule has 0 saturated heterocycles.